The molecule has 17 heteroatoms. The van der Waals surface area contributed by atoms with Gasteiger partial charge in [-0.05, 0) is 61.1 Å². The number of benzene rings is 2. The van der Waals surface area contributed by atoms with Crippen molar-refractivity contribution >= 4 is 52.5 Å². The number of nitrogens with zero attached hydrogens (tertiary/aromatic N) is 5. The largest absolute Gasteiger partial charge is 1.00 e. The second kappa shape index (κ2) is 23.6. The van der Waals surface area contributed by atoms with Crippen LogP contribution in [0.15, 0.2) is 48.5 Å². The fraction of sp³-hybridized carbons (Fsp3) is 0.500. The normalized spacial score (nSPS) is 14.4. The Morgan fingerprint density at radius 1 is 0.746 bits per heavy atom. The van der Waals surface area contributed by atoms with E-state index in [9.17, 15) is 24.0 Å². The van der Waals surface area contributed by atoms with Crippen LogP contribution in [0, 0.1) is 0 Å². The van der Waals surface area contributed by atoms with Crippen molar-refractivity contribution in [3.63, 3.8) is 0 Å². The van der Waals surface area contributed by atoms with Gasteiger partial charge in [-0.3, -0.25) is 24.0 Å². The van der Waals surface area contributed by atoms with Crippen LogP contribution in [0.25, 0.3) is 0 Å². The number of ketones is 2. The van der Waals surface area contributed by atoms with Gasteiger partial charge in [-0.25, -0.2) is 9.97 Å². The zero-order valence-corrected chi connectivity index (χ0v) is 36.0. The van der Waals surface area contributed by atoms with Crippen molar-refractivity contribution < 1.29 is 50.3 Å². The molecular weight excluding hydrogens is 799 g/mol. The summed E-state index contributed by atoms with van der Waals surface area (Å²) in [6.45, 7) is 3.36. The highest BCUT2D eigenvalue weighted by Crippen LogP contribution is 2.25. The lowest BCUT2D eigenvalue weighted by molar-refractivity contribution is -0.933. The van der Waals surface area contributed by atoms with E-state index in [2.05, 4.69) is 15.3 Å². The quantitative estimate of drug-likeness (QED) is 0.121. The number of nitrogens with two attached hydrogens (primary N) is 2. The fourth-order valence-electron chi connectivity index (χ4n) is 6.98. The molecule has 4 rings (SSSR count). The van der Waals surface area contributed by atoms with Crippen molar-refractivity contribution in [3.05, 3.63) is 70.5 Å². The lowest BCUT2D eigenvalue weighted by Gasteiger charge is -2.45. The summed E-state index contributed by atoms with van der Waals surface area (Å²) in [6, 6.07) is 15.4. The van der Waals surface area contributed by atoms with E-state index in [1.165, 1.54) is 9.80 Å². The van der Waals surface area contributed by atoms with E-state index in [1.807, 2.05) is 48.5 Å². The van der Waals surface area contributed by atoms with Crippen LogP contribution in [0.5, 0.6) is 11.5 Å². The second-order valence-corrected chi connectivity index (χ2v) is 15.7. The van der Waals surface area contributed by atoms with Gasteiger partial charge in [0.05, 0.1) is 32.2 Å². The van der Waals surface area contributed by atoms with E-state index in [4.69, 9.17) is 32.5 Å². The van der Waals surface area contributed by atoms with E-state index in [0.29, 0.717) is 11.5 Å². The minimum atomic E-state index is -0.436. The maximum atomic E-state index is 13.3. The molecule has 0 saturated carbocycles. The SMILES string of the molecule is CN(C)C(=O)CCC(=O)COc1ccc(CCC[N+]2(CCCc3ccc(OCC(=O)CCC(=O)N(C)C)cc3)CCC[C@H](NC(=O)c3nc(Cl)c(N)nc3N)C2)cc1.[Cl-]. The number of hydrogen-bond donors (Lipinski definition) is 3. The smallest absolute Gasteiger partial charge is 0.274 e. The molecular formula is C42H58Cl2N8O7. The number of aryl methyl sites for hydroxylation is 2. The summed E-state index contributed by atoms with van der Waals surface area (Å²) in [5, 5.41) is 3.06. The summed E-state index contributed by atoms with van der Waals surface area (Å²) < 4.78 is 12.2. The van der Waals surface area contributed by atoms with Crippen molar-refractivity contribution in [2.75, 3.05) is 79.1 Å². The summed E-state index contributed by atoms with van der Waals surface area (Å²) in [7, 11) is 6.66. The van der Waals surface area contributed by atoms with Gasteiger partial charge in [-0.15, -0.1) is 0 Å². The molecule has 0 bridgehead atoms. The molecule has 322 valence electrons. The highest BCUT2D eigenvalue weighted by atomic mass is 35.5. The molecule has 1 aliphatic rings. The maximum Gasteiger partial charge on any atom is 0.274 e. The number of ether oxygens (including phenoxy) is 2. The lowest BCUT2D eigenvalue weighted by atomic mass is 9.99. The van der Waals surface area contributed by atoms with Gasteiger partial charge >= 0.3 is 0 Å². The molecule has 1 aromatic heterocycles. The number of anilines is 2. The van der Waals surface area contributed by atoms with Gasteiger partial charge < -0.3 is 52.9 Å². The zero-order valence-electron chi connectivity index (χ0n) is 34.5. The predicted molar refractivity (Wildman–Crippen MR) is 222 cm³/mol. The second-order valence-electron chi connectivity index (χ2n) is 15.4. The number of rotatable bonds is 22. The Morgan fingerprint density at radius 3 is 1.68 bits per heavy atom. The number of nitrogens with one attached hydrogen (secondary N) is 1. The van der Waals surface area contributed by atoms with Gasteiger partial charge in [0, 0.05) is 66.7 Å². The summed E-state index contributed by atoms with van der Waals surface area (Å²) >= 11 is 6.06. The average Bonchev–Trinajstić information content (AvgIpc) is 3.19. The number of amides is 3. The minimum Gasteiger partial charge on any atom is -1.00 e. The first kappa shape index (κ1) is 48.4. The van der Waals surface area contributed by atoms with Gasteiger partial charge in [0.15, 0.2) is 34.0 Å². The summed E-state index contributed by atoms with van der Waals surface area (Å²) in [5.74, 6) is 0.222. The van der Waals surface area contributed by atoms with Crippen LogP contribution in [0.1, 0.15) is 73.0 Å². The molecule has 1 atom stereocenters. The first-order valence-electron chi connectivity index (χ1n) is 19.7. The van der Waals surface area contributed by atoms with Crippen molar-refractivity contribution in [1.29, 1.82) is 0 Å². The third kappa shape index (κ3) is 15.9. The van der Waals surface area contributed by atoms with Crippen molar-refractivity contribution in [2.24, 2.45) is 0 Å². The van der Waals surface area contributed by atoms with Crippen molar-refractivity contribution in [3.8, 4) is 11.5 Å². The molecule has 1 saturated heterocycles. The summed E-state index contributed by atoms with van der Waals surface area (Å²) in [6.07, 6.45) is 5.88. The van der Waals surface area contributed by atoms with E-state index in [1.54, 1.807) is 28.2 Å². The van der Waals surface area contributed by atoms with Crippen LogP contribution in [-0.4, -0.2) is 127 Å². The van der Waals surface area contributed by atoms with Crippen LogP contribution in [0.4, 0.5) is 11.6 Å². The summed E-state index contributed by atoms with van der Waals surface area (Å²) in [5.41, 5.74) is 14.0. The number of nitrogen functional groups attached to an aromatic ring is 2. The number of piperidine rings is 1. The molecule has 1 aliphatic heterocycles. The number of Topliss-reactive ketones (excluding diaryl/α,β-unsaturated/α-hetero) is 2. The van der Waals surface area contributed by atoms with Crippen LogP contribution in [0.2, 0.25) is 5.15 Å². The molecule has 5 N–H and O–H groups in total. The Bertz CT molecular complexity index is 1790. The van der Waals surface area contributed by atoms with Gasteiger partial charge in [-0.1, -0.05) is 35.9 Å². The van der Waals surface area contributed by atoms with Crippen LogP contribution in [-0.2, 0) is 32.0 Å². The van der Waals surface area contributed by atoms with E-state index in [-0.39, 0.29) is 103 Å². The highest BCUT2D eigenvalue weighted by molar-refractivity contribution is 6.31. The van der Waals surface area contributed by atoms with Crippen LogP contribution >= 0.6 is 11.6 Å². The third-order valence-corrected chi connectivity index (χ3v) is 10.6. The number of quaternary nitrogens is 1. The highest BCUT2D eigenvalue weighted by Gasteiger charge is 2.35. The minimum absolute atomic E-state index is 0. The monoisotopic (exact) mass is 856 g/mol. The summed E-state index contributed by atoms with van der Waals surface area (Å²) in [4.78, 5) is 72.3. The molecule has 3 aromatic rings. The third-order valence-electron chi connectivity index (χ3n) is 10.3. The first-order chi connectivity index (χ1) is 27.6. The molecule has 59 heavy (non-hydrogen) atoms. The molecule has 0 unspecified atom stereocenters. The molecule has 2 heterocycles. The standard InChI is InChI=1S/C42H57ClN8O7.ClH/c1-49(2)36(54)21-15-32(52)27-57-34-17-11-29(12-18-34)8-5-23-51(25-7-10-31(26-51)46-42(56)38-40(44)48-41(45)39(43)47-38)24-6-9-30-13-19-35(20-14-30)58-28-33(53)16-22-37(55)50(3)4;/h11-14,17-20,31H,5-10,15-16,21-28H2,1-4H3,(H4-,44,45,46,48,56);1H/t31-;/m0./s1. The number of halogens is 2. The Labute approximate surface area is 358 Å². The van der Waals surface area contributed by atoms with E-state index >= 15 is 0 Å². The predicted octanol–water partition coefficient (Wildman–Crippen LogP) is 0.906. The van der Waals surface area contributed by atoms with Gasteiger partial charge in [0.1, 0.15) is 24.7 Å². The Balaban J connectivity index is 0.00000930. The average molecular weight is 858 g/mol. The van der Waals surface area contributed by atoms with Crippen LogP contribution in [0.3, 0.4) is 0 Å². The lowest BCUT2D eigenvalue weighted by Crippen LogP contribution is -3.00. The maximum absolute atomic E-state index is 13.3. The molecule has 0 spiro atoms. The number of aromatic nitrogens is 2. The molecule has 0 radical (unpaired) electrons. The van der Waals surface area contributed by atoms with Crippen LogP contribution < -0.4 is 38.7 Å². The zero-order chi connectivity index (χ0) is 42.2. The van der Waals surface area contributed by atoms with Gasteiger partial charge in [0.2, 0.25) is 11.8 Å². The number of hydrogen-bond acceptors (Lipinski definition) is 11. The molecule has 1 fully saturated rings. The van der Waals surface area contributed by atoms with Gasteiger partial charge in [0.25, 0.3) is 5.91 Å². The Morgan fingerprint density at radius 2 is 1.22 bits per heavy atom. The number of carbonyl (C=O) groups is 5. The number of likely N-dealkylation sites (tertiary alicyclic amines) is 1. The van der Waals surface area contributed by atoms with Crippen molar-refractivity contribution in [1.82, 2.24) is 25.1 Å². The van der Waals surface area contributed by atoms with E-state index in [0.717, 1.165) is 80.3 Å². The fourth-order valence-corrected chi connectivity index (χ4v) is 7.10. The molecule has 3 amide bonds. The Hall–Kier alpha value is -4.99. The first-order valence-corrected chi connectivity index (χ1v) is 20.1. The number of carbonyl (C=O) groups excluding carboxylic acids is 5. The van der Waals surface area contributed by atoms with Gasteiger partial charge in [-0.2, -0.15) is 0 Å². The molecule has 2 aromatic carbocycles. The molecule has 15 nitrogen and oxygen atoms in total. The van der Waals surface area contributed by atoms with E-state index < -0.39 is 5.91 Å². The van der Waals surface area contributed by atoms with Crippen molar-refractivity contribution in [2.45, 2.75) is 70.3 Å². The Kier molecular flexibility index (Phi) is 19.3. The molecule has 0 aliphatic carbocycles. The topological polar surface area (TPSA) is 200 Å².